The van der Waals surface area contributed by atoms with E-state index in [9.17, 15) is 9.59 Å². The van der Waals surface area contributed by atoms with Gasteiger partial charge in [0.15, 0.2) is 0 Å². The molecule has 0 amide bonds. The molecule has 3 heteroatoms. The molecule has 0 aromatic heterocycles. The molecular formula is C11H20O3. The van der Waals surface area contributed by atoms with E-state index in [1.165, 1.54) is 7.11 Å². The molecule has 0 aliphatic rings. The highest BCUT2D eigenvalue weighted by molar-refractivity contribution is 5.89. The lowest BCUT2D eigenvalue weighted by Crippen LogP contribution is -2.29. The molecule has 0 spiro atoms. The number of Topliss-reactive ketones (excluding diaryl/α,β-unsaturated/α-hetero) is 1. The van der Waals surface area contributed by atoms with E-state index in [4.69, 9.17) is 0 Å². The molecule has 0 saturated carbocycles. The van der Waals surface area contributed by atoms with Crippen molar-refractivity contribution in [1.82, 2.24) is 0 Å². The van der Waals surface area contributed by atoms with Crippen molar-refractivity contribution in [2.24, 2.45) is 11.3 Å². The van der Waals surface area contributed by atoms with Gasteiger partial charge in [0.2, 0.25) is 0 Å². The van der Waals surface area contributed by atoms with Gasteiger partial charge in [-0.05, 0) is 6.42 Å². The minimum absolute atomic E-state index is 0.130. The van der Waals surface area contributed by atoms with Gasteiger partial charge in [0.1, 0.15) is 5.78 Å². The van der Waals surface area contributed by atoms with Gasteiger partial charge in [-0.3, -0.25) is 9.59 Å². The minimum atomic E-state index is -0.380. The van der Waals surface area contributed by atoms with Crippen LogP contribution in [-0.4, -0.2) is 18.9 Å². The predicted molar refractivity (Wildman–Crippen MR) is 54.9 cm³/mol. The van der Waals surface area contributed by atoms with E-state index in [2.05, 4.69) is 4.74 Å². The molecular weight excluding hydrogens is 180 g/mol. The van der Waals surface area contributed by atoms with Crippen LogP contribution in [-0.2, 0) is 14.3 Å². The third-order valence-corrected chi connectivity index (χ3v) is 2.24. The third-order valence-electron chi connectivity index (χ3n) is 2.24. The summed E-state index contributed by atoms with van der Waals surface area (Å²) in [6.45, 7) is 7.52. The van der Waals surface area contributed by atoms with Gasteiger partial charge < -0.3 is 4.74 Å². The Labute approximate surface area is 85.8 Å². The molecule has 0 aliphatic heterocycles. The van der Waals surface area contributed by atoms with Gasteiger partial charge in [-0.1, -0.05) is 27.7 Å². The highest BCUT2D eigenvalue weighted by Crippen LogP contribution is 2.24. The molecule has 0 radical (unpaired) electrons. The second-order valence-corrected chi connectivity index (χ2v) is 4.50. The first-order valence-electron chi connectivity index (χ1n) is 4.94. The van der Waals surface area contributed by atoms with Crippen molar-refractivity contribution in [1.29, 1.82) is 0 Å². The number of carbonyl (C=O) groups excluding carboxylic acids is 2. The van der Waals surface area contributed by atoms with Crippen molar-refractivity contribution >= 4 is 11.8 Å². The maximum atomic E-state index is 11.8. The average Bonchev–Trinajstić information content (AvgIpc) is 2.11. The first-order chi connectivity index (χ1) is 6.32. The summed E-state index contributed by atoms with van der Waals surface area (Å²) < 4.78 is 4.55. The van der Waals surface area contributed by atoms with Crippen molar-refractivity contribution in [2.75, 3.05) is 7.11 Å². The Morgan fingerprint density at radius 2 is 1.79 bits per heavy atom. The van der Waals surface area contributed by atoms with Crippen LogP contribution in [0.5, 0.6) is 0 Å². The zero-order chi connectivity index (χ0) is 11.4. The van der Waals surface area contributed by atoms with Crippen molar-refractivity contribution in [2.45, 2.75) is 40.5 Å². The monoisotopic (exact) mass is 200 g/mol. The fourth-order valence-corrected chi connectivity index (χ4v) is 1.32. The fourth-order valence-electron chi connectivity index (χ4n) is 1.32. The number of ketones is 1. The lowest BCUT2D eigenvalue weighted by molar-refractivity contribution is -0.145. The summed E-state index contributed by atoms with van der Waals surface area (Å²) in [7, 11) is 1.34. The van der Waals surface area contributed by atoms with Gasteiger partial charge >= 0.3 is 5.97 Å². The van der Waals surface area contributed by atoms with E-state index >= 15 is 0 Å². The molecule has 0 bridgehead atoms. The van der Waals surface area contributed by atoms with Crippen LogP contribution in [0, 0.1) is 11.3 Å². The summed E-state index contributed by atoms with van der Waals surface area (Å²) in [6.07, 6.45) is 0.883. The predicted octanol–water partition coefficient (Wildman–Crippen LogP) is 2.19. The summed E-state index contributed by atoms with van der Waals surface area (Å²) >= 11 is 0. The van der Waals surface area contributed by atoms with Gasteiger partial charge in [0, 0.05) is 11.3 Å². The van der Waals surface area contributed by atoms with E-state index in [1.54, 1.807) is 0 Å². The number of methoxy groups -OCH3 is 1. The summed E-state index contributed by atoms with van der Waals surface area (Å²) in [5, 5.41) is 0. The Morgan fingerprint density at radius 1 is 1.29 bits per heavy atom. The van der Waals surface area contributed by atoms with Crippen LogP contribution in [0.2, 0.25) is 0 Å². The number of hydrogen-bond acceptors (Lipinski definition) is 3. The van der Waals surface area contributed by atoms with E-state index < -0.39 is 0 Å². The molecule has 0 aromatic carbocycles. The van der Waals surface area contributed by atoms with Crippen LogP contribution in [0.15, 0.2) is 0 Å². The van der Waals surface area contributed by atoms with Gasteiger partial charge in [-0.15, -0.1) is 0 Å². The minimum Gasteiger partial charge on any atom is -0.469 e. The molecule has 1 unspecified atom stereocenters. The first kappa shape index (κ1) is 13.1. The maximum absolute atomic E-state index is 11.8. The smallest absolute Gasteiger partial charge is 0.306 e. The van der Waals surface area contributed by atoms with Crippen LogP contribution >= 0.6 is 0 Å². The molecule has 3 nitrogen and oxygen atoms in total. The summed E-state index contributed by atoms with van der Waals surface area (Å²) in [5.74, 6) is -0.387. The zero-order valence-corrected chi connectivity index (χ0v) is 9.72. The molecule has 0 aromatic rings. The largest absolute Gasteiger partial charge is 0.469 e. The highest BCUT2D eigenvalue weighted by atomic mass is 16.5. The Bertz CT molecular complexity index is 213. The molecule has 0 rings (SSSR count). The molecule has 1 atom stereocenters. The summed E-state index contributed by atoms with van der Waals surface area (Å²) in [5.41, 5.74) is -0.380. The van der Waals surface area contributed by atoms with Crippen LogP contribution in [0.3, 0.4) is 0 Å². The first-order valence-corrected chi connectivity index (χ1v) is 4.94. The second kappa shape index (κ2) is 5.13. The standard InChI is InChI=1S/C11H20O3/c1-6-8(7-9(12)14-5)10(13)11(2,3)4/h8H,6-7H2,1-5H3. The number of carbonyl (C=O) groups is 2. The second-order valence-electron chi connectivity index (χ2n) is 4.50. The zero-order valence-electron chi connectivity index (χ0n) is 9.72. The van der Waals surface area contributed by atoms with Gasteiger partial charge in [0.25, 0.3) is 0 Å². The van der Waals surface area contributed by atoms with Gasteiger partial charge in [-0.25, -0.2) is 0 Å². The van der Waals surface area contributed by atoms with E-state index in [-0.39, 0.29) is 29.5 Å². The van der Waals surface area contributed by atoms with E-state index in [1.807, 2.05) is 27.7 Å². The van der Waals surface area contributed by atoms with Gasteiger partial charge in [-0.2, -0.15) is 0 Å². The number of rotatable bonds is 4. The van der Waals surface area contributed by atoms with Crippen molar-refractivity contribution in [3.05, 3.63) is 0 Å². The Kier molecular flexibility index (Phi) is 4.81. The van der Waals surface area contributed by atoms with E-state index in [0.717, 1.165) is 0 Å². The topological polar surface area (TPSA) is 43.4 Å². The fraction of sp³-hybridized carbons (Fsp3) is 0.818. The van der Waals surface area contributed by atoms with Crippen LogP contribution in [0.4, 0.5) is 0 Å². The summed E-state index contributed by atoms with van der Waals surface area (Å²) in [6, 6.07) is 0. The maximum Gasteiger partial charge on any atom is 0.306 e. The normalized spacial score (nSPS) is 13.5. The SMILES string of the molecule is CCC(CC(=O)OC)C(=O)C(C)(C)C. The van der Waals surface area contributed by atoms with Crippen LogP contribution in [0.1, 0.15) is 40.5 Å². The number of esters is 1. The van der Waals surface area contributed by atoms with Gasteiger partial charge in [0.05, 0.1) is 13.5 Å². The quantitative estimate of drug-likeness (QED) is 0.653. The number of hydrogen-bond donors (Lipinski definition) is 0. The highest BCUT2D eigenvalue weighted by Gasteiger charge is 2.29. The lowest BCUT2D eigenvalue weighted by atomic mass is 9.80. The molecule has 0 saturated heterocycles. The van der Waals surface area contributed by atoms with Crippen molar-refractivity contribution in [3.8, 4) is 0 Å². The van der Waals surface area contributed by atoms with Crippen molar-refractivity contribution in [3.63, 3.8) is 0 Å². The van der Waals surface area contributed by atoms with Crippen LogP contribution in [0.25, 0.3) is 0 Å². The number of ether oxygens (including phenoxy) is 1. The Morgan fingerprint density at radius 3 is 2.07 bits per heavy atom. The molecule has 0 fully saturated rings. The van der Waals surface area contributed by atoms with Crippen molar-refractivity contribution < 1.29 is 14.3 Å². The molecule has 0 N–H and O–H groups in total. The Hall–Kier alpha value is -0.860. The molecule has 0 heterocycles. The Balaban J connectivity index is 4.42. The third kappa shape index (κ3) is 3.90. The molecule has 82 valence electrons. The average molecular weight is 200 g/mol. The van der Waals surface area contributed by atoms with Crippen LogP contribution < -0.4 is 0 Å². The molecule has 0 aliphatic carbocycles. The lowest BCUT2D eigenvalue weighted by Gasteiger charge is -2.22. The summed E-state index contributed by atoms with van der Waals surface area (Å²) in [4.78, 5) is 22.9. The molecule has 14 heavy (non-hydrogen) atoms. The van der Waals surface area contributed by atoms with E-state index in [0.29, 0.717) is 6.42 Å².